The summed E-state index contributed by atoms with van der Waals surface area (Å²) < 4.78 is 13.0. The molecule has 5 heteroatoms. The SMILES string of the molecule is O=C(Nc1cc(F)ccc1Cl)c1ccccc1O. The fraction of sp³-hybridized carbons (Fsp3) is 0. The summed E-state index contributed by atoms with van der Waals surface area (Å²) in [7, 11) is 0. The van der Waals surface area contributed by atoms with E-state index in [-0.39, 0.29) is 22.0 Å². The van der Waals surface area contributed by atoms with Crippen LogP contribution in [-0.2, 0) is 0 Å². The zero-order valence-electron chi connectivity index (χ0n) is 9.15. The quantitative estimate of drug-likeness (QED) is 0.874. The number of para-hydroxylation sites is 1. The number of aromatic hydroxyl groups is 1. The molecule has 0 aliphatic carbocycles. The van der Waals surface area contributed by atoms with E-state index in [1.165, 1.54) is 24.3 Å². The van der Waals surface area contributed by atoms with Crippen LogP contribution >= 0.6 is 11.6 Å². The van der Waals surface area contributed by atoms with Gasteiger partial charge in [0, 0.05) is 0 Å². The molecule has 3 nitrogen and oxygen atoms in total. The molecule has 0 aliphatic rings. The van der Waals surface area contributed by atoms with E-state index in [1.54, 1.807) is 12.1 Å². The van der Waals surface area contributed by atoms with E-state index in [2.05, 4.69) is 5.32 Å². The van der Waals surface area contributed by atoms with Crippen LogP contribution in [0.3, 0.4) is 0 Å². The molecule has 92 valence electrons. The summed E-state index contributed by atoms with van der Waals surface area (Å²) in [5, 5.41) is 12.2. The Morgan fingerprint density at radius 2 is 1.94 bits per heavy atom. The fourth-order valence-corrected chi connectivity index (χ4v) is 1.61. The number of halogens is 2. The number of carbonyl (C=O) groups is 1. The first-order valence-electron chi connectivity index (χ1n) is 5.12. The number of phenolic OH excluding ortho intramolecular Hbond substituents is 1. The van der Waals surface area contributed by atoms with Crippen molar-refractivity contribution in [2.75, 3.05) is 5.32 Å². The molecule has 0 aliphatic heterocycles. The van der Waals surface area contributed by atoms with Gasteiger partial charge in [-0.05, 0) is 30.3 Å². The van der Waals surface area contributed by atoms with Gasteiger partial charge in [-0.3, -0.25) is 4.79 Å². The number of phenols is 1. The molecule has 0 saturated heterocycles. The lowest BCUT2D eigenvalue weighted by Crippen LogP contribution is -2.12. The Kier molecular flexibility index (Phi) is 3.48. The Bertz CT molecular complexity index is 601. The highest BCUT2D eigenvalue weighted by molar-refractivity contribution is 6.33. The van der Waals surface area contributed by atoms with Crippen LogP contribution in [0, 0.1) is 5.82 Å². The third kappa shape index (κ3) is 2.60. The minimum absolute atomic E-state index is 0.0952. The predicted octanol–water partition coefficient (Wildman–Crippen LogP) is 3.44. The smallest absolute Gasteiger partial charge is 0.259 e. The summed E-state index contributed by atoms with van der Waals surface area (Å²) in [5.74, 6) is -1.21. The molecular formula is C13H9ClFNO2. The first kappa shape index (κ1) is 12.4. The van der Waals surface area contributed by atoms with Gasteiger partial charge >= 0.3 is 0 Å². The number of hydrogen-bond donors (Lipinski definition) is 2. The van der Waals surface area contributed by atoms with Gasteiger partial charge in [-0.1, -0.05) is 23.7 Å². The van der Waals surface area contributed by atoms with Crippen LogP contribution in [0.15, 0.2) is 42.5 Å². The van der Waals surface area contributed by atoms with Crippen molar-refractivity contribution in [2.24, 2.45) is 0 Å². The minimum Gasteiger partial charge on any atom is -0.507 e. The topological polar surface area (TPSA) is 49.3 Å². The van der Waals surface area contributed by atoms with Crippen molar-refractivity contribution in [1.29, 1.82) is 0 Å². The van der Waals surface area contributed by atoms with Crippen LogP contribution in [-0.4, -0.2) is 11.0 Å². The third-order valence-corrected chi connectivity index (χ3v) is 2.65. The van der Waals surface area contributed by atoms with Crippen molar-refractivity contribution in [1.82, 2.24) is 0 Å². The largest absolute Gasteiger partial charge is 0.507 e. The van der Waals surface area contributed by atoms with Gasteiger partial charge in [0.15, 0.2) is 0 Å². The Labute approximate surface area is 108 Å². The summed E-state index contributed by atoms with van der Waals surface area (Å²) in [5.41, 5.74) is 0.253. The summed E-state index contributed by atoms with van der Waals surface area (Å²) in [6.45, 7) is 0. The molecular weight excluding hydrogens is 257 g/mol. The molecule has 2 N–H and O–H groups in total. The highest BCUT2D eigenvalue weighted by Crippen LogP contribution is 2.24. The predicted molar refractivity (Wildman–Crippen MR) is 67.5 cm³/mol. The number of carbonyl (C=O) groups excluding carboxylic acids is 1. The van der Waals surface area contributed by atoms with E-state index in [1.807, 2.05) is 0 Å². The molecule has 0 unspecified atom stereocenters. The maximum Gasteiger partial charge on any atom is 0.259 e. The van der Waals surface area contributed by atoms with Crippen LogP contribution in [0.4, 0.5) is 10.1 Å². The van der Waals surface area contributed by atoms with Gasteiger partial charge < -0.3 is 10.4 Å². The van der Waals surface area contributed by atoms with Gasteiger partial charge in [-0.2, -0.15) is 0 Å². The first-order chi connectivity index (χ1) is 8.58. The molecule has 0 saturated carbocycles. The van der Waals surface area contributed by atoms with E-state index >= 15 is 0 Å². The van der Waals surface area contributed by atoms with E-state index in [0.29, 0.717) is 0 Å². The van der Waals surface area contributed by atoms with Gasteiger partial charge in [0.05, 0.1) is 16.3 Å². The van der Waals surface area contributed by atoms with Crippen LogP contribution in [0.5, 0.6) is 5.75 Å². The fourth-order valence-electron chi connectivity index (χ4n) is 1.45. The van der Waals surface area contributed by atoms with Crippen molar-refractivity contribution < 1.29 is 14.3 Å². The Morgan fingerprint density at radius 1 is 1.22 bits per heavy atom. The molecule has 1 amide bonds. The van der Waals surface area contributed by atoms with E-state index in [4.69, 9.17) is 11.6 Å². The number of hydrogen-bond acceptors (Lipinski definition) is 2. The first-order valence-corrected chi connectivity index (χ1v) is 5.50. The molecule has 0 bridgehead atoms. The van der Waals surface area contributed by atoms with Crippen molar-refractivity contribution in [2.45, 2.75) is 0 Å². The molecule has 0 spiro atoms. The molecule has 2 aromatic carbocycles. The number of rotatable bonds is 2. The maximum atomic E-state index is 13.0. The second kappa shape index (κ2) is 5.06. The Balaban J connectivity index is 2.27. The number of anilines is 1. The summed E-state index contributed by atoms with van der Waals surface area (Å²) in [6, 6.07) is 9.71. The highest BCUT2D eigenvalue weighted by Gasteiger charge is 2.12. The van der Waals surface area contributed by atoms with E-state index in [0.717, 1.165) is 6.07 Å². The van der Waals surface area contributed by atoms with E-state index in [9.17, 15) is 14.3 Å². The molecule has 0 heterocycles. The maximum absolute atomic E-state index is 13.0. The lowest BCUT2D eigenvalue weighted by Gasteiger charge is -2.08. The second-order valence-electron chi connectivity index (χ2n) is 3.60. The molecule has 2 aromatic rings. The standard InChI is InChI=1S/C13H9ClFNO2/c14-10-6-5-8(15)7-11(10)16-13(18)9-3-1-2-4-12(9)17/h1-7,17H,(H,16,18). The average Bonchev–Trinajstić information content (AvgIpc) is 2.34. The normalized spacial score (nSPS) is 10.1. The minimum atomic E-state index is -0.555. The molecule has 18 heavy (non-hydrogen) atoms. The van der Waals surface area contributed by atoms with Crippen LogP contribution in [0.2, 0.25) is 5.02 Å². The van der Waals surface area contributed by atoms with Crippen molar-refractivity contribution in [3.05, 3.63) is 58.9 Å². The van der Waals surface area contributed by atoms with Crippen molar-refractivity contribution in [3.63, 3.8) is 0 Å². The molecule has 0 radical (unpaired) electrons. The van der Waals surface area contributed by atoms with E-state index < -0.39 is 11.7 Å². The third-order valence-electron chi connectivity index (χ3n) is 2.33. The number of benzene rings is 2. The Morgan fingerprint density at radius 3 is 2.67 bits per heavy atom. The zero-order chi connectivity index (χ0) is 13.1. The van der Waals surface area contributed by atoms with Gasteiger partial charge in [0.2, 0.25) is 0 Å². The summed E-state index contributed by atoms with van der Waals surface area (Å²) >= 11 is 5.82. The Hall–Kier alpha value is -2.07. The van der Waals surface area contributed by atoms with Gasteiger partial charge in [-0.25, -0.2) is 4.39 Å². The van der Waals surface area contributed by atoms with Crippen molar-refractivity contribution >= 4 is 23.2 Å². The van der Waals surface area contributed by atoms with Gasteiger partial charge in [-0.15, -0.1) is 0 Å². The molecule has 0 fully saturated rings. The second-order valence-corrected chi connectivity index (χ2v) is 4.00. The lowest BCUT2D eigenvalue weighted by molar-refractivity contribution is 0.102. The van der Waals surface area contributed by atoms with Crippen LogP contribution < -0.4 is 5.32 Å². The highest BCUT2D eigenvalue weighted by atomic mass is 35.5. The monoisotopic (exact) mass is 265 g/mol. The summed E-state index contributed by atoms with van der Waals surface area (Å²) in [4.78, 5) is 11.8. The zero-order valence-corrected chi connectivity index (χ0v) is 9.91. The lowest BCUT2D eigenvalue weighted by atomic mass is 10.2. The van der Waals surface area contributed by atoms with Gasteiger partial charge in [0.1, 0.15) is 11.6 Å². The summed E-state index contributed by atoms with van der Waals surface area (Å²) in [6.07, 6.45) is 0. The van der Waals surface area contributed by atoms with Crippen LogP contribution in [0.1, 0.15) is 10.4 Å². The van der Waals surface area contributed by atoms with Gasteiger partial charge in [0.25, 0.3) is 5.91 Å². The number of amides is 1. The molecule has 0 atom stereocenters. The molecule has 2 rings (SSSR count). The molecule has 0 aromatic heterocycles. The van der Waals surface area contributed by atoms with Crippen molar-refractivity contribution in [3.8, 4) is 5.75 Å². The number of nitrogens with one attached hydrogen (secondary N) is 1. The average molecular weight is 266 g/mol. The van der Waals surface area contributed by atoms with Crippen LogP contribution in [0.25, 0.3) is 0 Å².